The molecule has 1 unspecified atom stereocenters. The molecule has 0 aliphatic heterocycles. The van der Waals surface area contributed by atoms with E-state index in [1.54, 1.807) is 32.0 Å². The van der Waals surface area contributed by atoms with Gasteiger partial charge in [-0.15, -0.1) is 0 Å². The Kier molecular flexibility index (Phi) is 5.29. The fourth-order valence-corrected chi connectivity index (χ4v) is 3.75. The molecule has 0 aliphatic rings. The number of hydrogen-bond donors (Lipinski definition) is 2. The molecule has 2 aromatic heterocycles. The molecular weight excluding hydrogens is 374 g/mol. The molecule has 0 bridgehead atoms. The lowest BCUT2D eigenvalue weighted by molar-refractivity contribution is 0.0531. The van der Waals surface area contributed by atoms with Gasteiger partial charge in [0.25, 0.3) is 5.56 Å². The van der Waals surface area contributed by atoms with E-state index in [1.807, 2.05) is 13.0 Å². The van der Waals surface area contributed by atoms with Gasteiger partial charge in [-0.25, -0.2) is 9.78 Å². The van der Waals surface area contributed by atoms with E-state index in [0.29, 0.717) is 32.9 Å². The summed E-state index contributed by atoms with van der Waals surface area (Å²) >= 11 is 7.25. The Hall–Kier alpha value is -2.38. The zero-order chi connectivity index (χ0) is 18.8. The number of rotatable bonds is 5. The van der Waals surface area contributed by atoms with Crippen LogP contribution in [0.1, 0.15) is 40.8 Å². The van der Waals surface area contributed by atoms with E-state index >= 15 is 0 Å². The van der Waals surface area contributed by atoms with Crippen molar-refractivity contribution in [2.75, 3.05) is 11.9 Å². The number of anilines is 1. The number of ether oxygens (including phenoxy) is 1. The quantitative estimate of drug-likeness (QED) is 0.633. The van der Waals surface area contributed by atoms with Crippen molar-refractivity contribution in [1.82, 2.24) is 9.97 Å². The normalized spacial score (nSPS) is 12.2. The summed E-state index contributed by atoms with van der Waals surface area (Å²) in [7, 11) is 0. The molecule has 136 valence electrons. The molecule has 6 nitrogen and oxygen atoms in total. The number of carbonyl (C=O) groups excluding carboxylic acids is 1. The van der Waals surface area contributed by atoms with E-state index in [0.717, 1.165) is 10.9 Å². The van der Waals surface area contributed by atoms with Crippen LogP contribution in [0.3, 0.4) is 0 Å². The first-order valence-corrected chi connectivity index (χ1v) is 9.32. The van der Waals surface area contributed by atoms with Crippen molar-refractivity contribution in [3.8, 4) is 0 Å². The summed E-state index contributed by atoms with van der Waals surface area (Å²) in [6.45, 7) is 5.68. The predicted molar refractivity (Wildman–Crippen MR) is 104 cm³/mol. The molecule has 2 heterocycles. The van der Waals surface area contributed by atoms with Crippen LogP contribution in [0.15, 0.2) is 29.1 Å². The molecule has 1 aromatic carbocycles. The number of H-pyrrole nitrogens is 1. The first kappa shape index (κ1) is 18.4. The van der Waals surface area contributed by atoms with Crippen molar-refractivity contribution in [3.63, 3.8) is 0 Å². The van der Waals surface area contributed by atoms with Crippen LogP contribution >= 0.6 is 22.9 Å². The van der Waals surface area contributed by atoms with E-state index in [4.69, 9.17) is 16.3 Å². The Balaban J connectivity index is 1.88. The second kappa shape index (κ2) is 7.47. The van der Waals surface area contributed by atoms with Crippen LogP contribution in [0.2, 0.25) is 5.02 Å². The zero-order valence-corrected chi connectivity index (χ0v) is 16.1. The minimum absolute atomic E-state index is 0.182. The predicted octanol–water partition coefficient (Wildman–Crippen LogP) is 4.30. The standard InChI is InChI=1S/C18H18ClN3O3S/c1-4-25-17(24)15-10(3)21-18(26-15)20-9(2)13-8-11-7-12(19)5-6-14(11)22-16(13)23/h5-9H,4H2,1-3H3,(H,20,21)(H,22,23). The number of thiazole rings is 1. The smallest absolute Gasteiger partial charge is 0.350 e. The lowest BCUT2D eigenvalue weighted by Gasteiger charge is -2.13. The number of pyridine rings is 1. The number of fused-ring (bicyclic) bond motifs is 1. The number of esters is 1. The van der Waals surface area contributed by atoms with Gasteiger partial charge >= 0.3 is 5.97 Å². The second-order valence-corrected chi connectivity index (χ2v) is 7.24. The van der Waals surface area contributed by atoms with Gasteiger partial charge in [-0.05, 0) is 45.0 Å². The third kappa shape index (κ3) is 3.73. The Morgan fingerprint density at radius 3 is 2.92 bits per heavy atom. The number of nitrogens with one attached hydrogen (secondary N) is 2. The van der Waals surface area contributed by atoms with Gasteiger partial charge in [0.2, 0.25) is 0 Å². The Bertz CT molecular complexity index is 1030. The van der Waals surface area contributed by atoms with Crippen LogP contribution in [-0.4, -0.2) is 22.5 Å². The number of carbonyl (C=O) groups is 1. The van der Waals surface area contributed by atoms with Crippen molar-refractivity contribution in [1.29, 1.82) is 0 Å². The van der Waals surface area contributed by atoms with E-state index in [1.165, 1.54) is 11.3 Å². The number of benzene rings is 1. The highest BCUT2D eigenvalue weighted by atomic mass is 35.5. The van der Waals surface area contributed by atoms with Gasteiger partial charge < -0.3 is 15.0 Å². The monoisotopic (exact) mass is 391 g/mol. The third-order valence-corrected chi connectivity index (χ3v) is 5.20. The van der Waals surface area contributed by atoms with Gasteiger partial charge in [-0.1, -0.05) is 22.9 Å². The number of halogens is 1. The second-order valence-electron chi connectivity index (χ2n) is 5.81. The minimum Gasteiger partial charge on any atom is -0.462 e. The Morgan fingerprint density at radius 2 is 2.19 bits per heavy atom. The summed E-state index contributed by atoms with van der Waals surface area (Å²) in [5.74, 6) is -0.388. The fourth-order valence-electron chi connectivity index (χ4n) is 2.62. The van der Waals surface area contributed by atoms with E-state index in [9.17, 15) is 9.59 Å². The number of aromatic nitrogens is 2. The molecule has 3 aromatic rings. The number of nitrogens with zero attached hydrogens (tertiary/aromatic N) is 1. The first-order valence-electron chi connectivity index (χ1n) is 8.12. The van der Waals surface area contributed by atoms with E-state index in [2.05, 4.69) is 15.3 Å². The molecule has 26 heavy (non-hydrogen) atoms. The molecular formula is C18H18ClN3O3S. The summed E-state index contributed by atoms with van der Waals surface area (Å²) in [6, 6.07) is 6.82. The van der Waals surface area contributed by atoms with Gasteiger partial charge in [-0.2, -0.15) is 0 Å². The minimum atomic E-state index is -0.388. The van der Waals surface area contributed by atoms with Crippen molar-refractivity contribution in [2.45, 2.75) is 26.8 Å². The molecule has 8 heteroatoms. The number of aryl methyl sites for hydroxylation is 1. The van der Waals surface area contributed by atoms with Gasteiger partial charge in [0.1, 0.15) is 4.88 Å². The summed E-state index contributed by atoms with van der Waals surface area (Å²) in [5.41, 5.74) is 1.71. The maximum atomic E-state index is 12.4. The van der Waals surface area contributed by atoms with Crippen molar-refractivity contribution in [2.24, 2.45) is 0 Å². The van der Waals surface area contributed by atoms with E-state index < -0.39 is 0 Å². The Labute approximate surface area is 159 Å². The summed E-state index contributed by atoms with van der Waals surface area (Å²) in [4.78, 5) is 32.0. The number of aromatic amines is 1. The molecule has 0 amide bonds. The zero-order valence-electron chi connectivity index (χ0n) is 14.6. The van der Waals surface area contributed by atoms with Crippen LogP contribution < -0.4 is 10.9 Å². The highest BCUT2D eigenvalue weighted by Crippen LogP contribution is 2.27. The van der Waals surface area contributed by atoms with Crippen LogP contribution in [0.5, 0.6) is 0 Å². The van der Waals surface area contributed by atoms with Crippen LogP contribution in [0.25, 0.3) is 10.9 Å². The Morgan fingerprint density at radius 1 is 1.42 bits per heavy atom. The first-order chi connectivity index (χ1) is 12.4. The molecule has 0 spiro atoms. The lowest BCUT2D eigenvalue weighted by Crippen LogP contribution is -2.19. The average Bonchev–Trinajstić information content (AvgIpc) is 2.95. The molecule has 0 radical (unpaired) electrons. The molecule has 0 aliphatic carbocycles. The van der Waals surface area contributed by atoms with Gasteiger partial charge in [0.05, 0.1) is 18.3 Å². The maximum absolute atomic E-state index is 12.4. The molecule has 3 rings (SSSR count). The molecule has 0 saturated carbocycles. The van der Waals surface area contributed by atoms with Crippen molar-refractivity contribution < 1.29 is 9.53 Å². The average molecular weight is 392 g/mol. The lowest BCUT2D eigenvalue weighted by atomic mass is 10.1. The van der Waals surface area contributed by atoms with Gasteiger partial charge in [-0.3, -0.25) is 4.79 Å². The topological polar surface area (TPSA) is 84.1 Å². The van der Waals surface area contributed by atoms with Crippen molar-refractivity contribution >= 4 is 44.9 Å². The summed E-state index contributed by atoms with van der Waals surface area (Å²) < 4.78 is 5.03. The molecule has 2 N–H and O–H groups in total. The fraction of sp³-hybridized carbons (Fsp3) is 0.278. The van der Waals surface area contributed by atoms with Crippen LogP contribution in [-0.2, 0) is 4.74 Å². The molecule has 0 saturated heterocycles. The van der Waals surface area contributed by atoms with Gasteiger partial charge in [0.15, 0.2) is 5.13 Å². The summed E-state index contributed by atoms with van der Waals surface area (Å²) in [6.07, 6.45) is 0. The number of hydrogen-bond acceptors (Lipinski definition) is 6. The van der Waals surface area contributed by atoms with Crippen LogP contribution in [0.4, 0.5) is 5.13 Å². The van der Waals surface area contributed by atoms with Crippen molar-refractivity contribution in [3.05, 3.63) is 55.8 Å². The highest BCUT2D eigenvalue weighted by molar-refractivity contribution is 7.17. The summed E-state index contributed by atoms with van der Waals surface area (Å²) in [5, 5.41) is 5.19. The SMILES string of the molecule is CCOC(=O)c1sc(NC(C)c2cc3cc(Cl)ccc3[nH]c2=O)nc1C. The largest absolute Gasteiger partial charge is 0.462 e. The van der Waals surface area contributed by atoms with E-state index in [-0.39, 0.29) is 17.6 Å². The highest BCUT2D eigenvalue weighted by Gasteiger charge is 2.18. The third-order valence-electron chi connectivity index (χ3n) is 3.90. The van der Waals surface area contributed by atoms with Crippen LogP contribution in [0, 0.1) is 6.92 Å². The molecule has 1 atom stereocenters. The molecule has 0 fully saturated rings. The van der Waals surface area contributed by atoms with Gasteiger partial charge in [0, 0.05) is 21.5 Å². The maximum Gasteiger partial charge on any atom is 0.350 e.